The van der Waals surface area contributed by atoms with Crippen LogP contribution in [0.1, 0.15) is 64.2 Å². The van der Waals surface area contributed by atoms with E-state index in [9.17, 15) is 0 Å². The van der Waals surface area contributed by atoms with E-state index in [-0.39, 0.29) is 0 Å². The molecule has 0 aromatic rings. The molecule has 2 aliphatic rings. The van der Waals surface area contributed by atoms with Crippen LogP contribution in [0.3, 0.4) is 0 Å². The molecule has 0 atom stereocenters. The van der Waals surface area contributed by atoms with Gasteiger partial charge in [-0.2, -0.15) is 0 Å². The summed E-state index contributed by atoms with van der Waals surface area (Å²) in [7, 11) is 0. The van der Waals surface area contributed by atoms with E-state index in [1.54, 1.807) is 0 Å². The summed E-state index contributed by atoms with van der Waals surface area (Å²) in [6, 6.07) is 0. The maximum atomic E-state index is 1.84. The second-order valence-corrected chi connectivity index (χ2v) is 6.49. The third-order valence-electron chi connectivity index (χ3n) is 3.57. The molecular weight excluding hydrogens is 176 g/mol. The fourth-order valence-corrected chi connectivity index (χ4v) is 4.68. The third kappa shape index (κ3) is 3.19. The van der Waals surface area contributed by atoms with Crippen LogP contribution in [0.25, 0.3) is 0 Å². The summed E-state index contributed by atoms with van der Waals surface area (Å²) in [5.41, 5.74) is 0. The van der Waals surface area contributed by atoms with Crippen molar-refractivity contribution in [2.75, 3.05) is 0 Å². The lowest BCUT2D eigenvalue weighted by Crippen LogP contribution is -2.24. The molecule has 0 spiro atoms. The molecule has 0 radical (unpaired) electrons. The zero-order chi connectivity index (χ0) is 8.93. The molecule has 2 fully saturated rings. The summed E-state index contributed by atoms with van der Waals surface area (Å²) >= 11 is 1.84. The third-order valence-corrected chi connectivity index (χ3v) is 5.45. The van der Waals surface area contributed by atoms with Crippen molar-refractivity contribution < 1.29 is 0 Å². The van der Waals surface area contributed by atoms with Crippen LogP contribution in [0.15, 0.2) is 0 Å². The SMILES string of the molecule is C1CCC([SH+]C2CCCCC2)CC1. The summed E-state index contributed by atoms with van der Waals surface area (Å²) in [5.74, 6) is 0. The van der Waals surface area contributed by atoms with Gasteiger partial charge in [0, 0.05) is 0 Å². The van der Waals surface area contributed by atoms with Gasteiger partial charge in [0.25, 0.3) is 0 Å². The van der Waals surface area contributed by atoms with E-state index in [1.165, 1.54) is 64.2 Å². The monoisotopic (exact) mass is 199 g/mol. The average molecular weight is 199 g/mol. The number of rotatable bonds is 2. The molecule has 2 saturated carbocycles. The van der Waals surface area contributed by atoms with Crippen molar-refractivity contribution in [1.82, 2.24) is 0 Å². The first kappa shape index (κ1) is 9.89. The fourth-order valence-electron chi connectivity index (χ4n) is 2.76. The Hall–Kier alpha value is 0.350. The molecule has 1 heteroatoms. The molecule has 0 unspecified atom stereocenters. The van der Waals surface area contributed by atoms with Gasteiger partial charge in [-0.25, -0.2) is 0 Å². The molecule has 0 aromatic carbocycles. The van der Waals surface area contributed by atoms with E-state index in [4.69, 9.17) is 0 Å². The van der Waals surface area contributed by atoms with Gasteiger partial charge < -0.3 is 0 Å². The smallest absolute Gasteiger partial charge is 0.0529 e. The summed E-state index contributed by atoms with van der Waals surface area (Å²) in [6.07, 6.45) is 15.3. The highest BCUT2D eigenvalue weighted by Gasteiger charge is 2.27. The van der Waals surface area contributed by atoms with Crippen LogP contribution < -0.4 is 0 Å². The van der Waals surface area contributed by atoms with Crippen LogP contribution in [0.2, 0.25) is 0 Å². The first-order chi connectivity index (χ1) is 6.45. The molecular formula is C12H23S+. The van der Waals surface area contributed by atoms with Gasteiger partial charge in [-0.3, -0.25) is 0 Å². The van der Waals surface area contributed by atoms with E-state index in [0.717, 1.165) is 10.5 Å². The lowest BCUT2D eigenvalue weighted by Gasteiger charge is -2.22. The molecule has 0 saturated heterocycles. The van der Waals surface area contributed by atoms with Gasteiger partial charge >= 0.3 is 0 Å². The minimum Gasteiger partial charge on any atom is -0.0529 e. The van der Waals surface area contributed by atoms with Gasteiger partial charge in [0.2, 0.25) is 0 Å². The minimum atomic E-state index is 1.09. The zero-order valence-corrected chi connectivity index (χ0v) is 9.57. The largest absolute Gasteiger partial charge is 0.116 e. The minimum absolute atomic E-state index is 1.09. The molecule has 0 amide bonds. The van der Waals surface area contributed by atoms with Crippen LogP contribution in [0.5, 0.6) is 0 Å². The van der Waals surface area contributed by atoms with Crippen LogP contribution >= 0.6 is 0 Å². The molecule has 76 valence electrons. The quantitative estimate of drug-likeness (QED) is 0.472. The van der Waals surface area contributed by atoms with Crippen molar-refractivity contribution >= 4 is 11.8 Å². The summed E-state index contributed by atoms with van der Waals surface area (Å²) < 4.78 is 0. The number of thiol groups is 1. The Morgan fingerprint density at radius 2 is 0.923 bits per heavy atom. The first-order valence-corrected chi connectivity index (χ1v) is 7.18. The molecule has 0 aromatic heterocycles. The van der Waals surface area contributed by atoms with Gasteiger partial charge in [-0.15, -0.1) is 0 Å². The molecule has 2 rings (SSSR count). The van der Waals surface area contributed by atoms with Crippen LogP contribution in [-0.4, -0.2) is 10.5 Å². The second kappa shape index (κ2) is 5.29. The maximum Gasteiger partial charge on any atom is 0.116 e. The predicted octanol–water partition coefficient (Wildman–Crippen LogP) is 3.47. The lowest BCUT2D eigenvalue weighted by molar-refractivity contribution is 0.493. The summed E-state index contributed by atoms with van der Waals surface area (Å²) in [6.45, 7) is 0. The van der Waals surface area contributed by atoms with Gasteiger partial charge in [0.05, 0.1) is 0 Å². The van der Waals surface area contributed by atoms with Crippen molar-refractivity contribution in [3.05, 3.63) is 0 Å². The van der Waals surface area contributed by atoms with Crippen molar-refractivity contribution in [1.29, 1.82) is 0 Å². The van der Waals surface area contributed by atoms with Crippen LogP contribution in [-0.2, 0) is 11.8 Å². The van der Waals surface area contributed by atoms with Crippen molar-refractivity contribution in [3.8, 4) is 0 Å². The van der Waals surface area contributed by atoms with E-state index in [2.05, 4.69) is 0 Å². The van der Waals surface area contributed by atoms with Crippen molar-refractivity contribution in [2.24, 2.45) is 0 Å². The lowest BCUT2D eigenvalue weighted by atomic mass is 10.00. The predicted molar refractivity (Wildman–Crippen MR) is 62.5 cm³/mol. The Kier molecular flexibility index (Phi) is 4.02. The molecule has 0 aliphatic heterocycles. The topological polar surface area (TPSA) is 0 Å². The summed E-state index contributed by atoms with van der Waals surface area (Å²) in [4.78, 5) is 0. The highest BCUT2D eigenvalue weighted by molar-refractivity contribution is 7.79. The van der Waals surface area contributed by atoms with E-state index >= 15 is 0 Å². The summed E-state index contributed by atoms with van der Waals surface area (Å²) in [5, 5.41) is 2.19. The second-order valence-electron chi connectivity index (χ2n) is 4.73. The number of hydrogen-bond acceptors (Lipinski definition) is 0. The zero-order valence-electron chi connectivity index (χ0n) is 8.67. The molecule has 0 nitrogen and oxygen atoms in total. The van der Waals surface area contributed by atoms with Crippen LogP contribution in [0.4, 0.5) is 0 Å². The van der Waals surface area contributed by atoms with E-state index in [0.29, 0.717) is 0 Å². The number of hydrogen-bond donors (Lipinski definition) is 0. The van der Waals surface area contributed by atoms with Gasteiger partial charge in [-0.05, 0) is 63.1 Å². The molecule has 0 N–H and O–H groups in total. The Morgan fingerprint density at radius 1 is 0.538 bits per heavy atom. The standard InChI is InChI=1S/C12H22S/c1-3-7-11(8-4-1)13-12-9-5-2-6-10-12/h11-12H,1-10H2/p+1. The van der Waals surface area contributed by atoms with Crippen LogP contribution in [0, 0.1) is 0 Å². The first-order valence-electron chi connectivity index (χ1n) is 6.15. The fraction of sp³-hybridized carbons (Fsp3) is 1.00. The van der Waals surface area contributed by atoms with Gasteiger partial charge in [-0.1, -0.05) is 12.8 Å². The molecule has 0 heterocycles. The van der Waals surface area contributed by atoms with E-state index in [1.807, 2.05) is 11.8 Å². The molecule has 13 heavy (non-hydrogen) atoms. The average Bonchev–Trinajstić information content (AvgIpc) is 2.21. The highest BCUT2D eigenvalue weighted by Crippen LogP contribution is 2.27. The molecule has 2 aliphatic carbocycles. The highest BCUT2D eigenvalue weighted by atomic mass is 32.2. The Labute approximate surface area is 86.9 Å². The van der Waals surface area contributed by atoms with Crippen molar-refractivity contribution in [2.45, 2.75) is 74.7 Å². The van der Waals surface area contributed by atoms with Gasteiger partial charge in [0.15, 0.2) is 0 Å². The maximum absolute atomic E-state index is 1.84. The molecule has 0 bridgehead atoms. The van der Waals surface area contributed by atoms with Crippen molar-refractivity contribution in [3.63, 3.8) is 0 Å². The normalized spacial score (nSPS) is 27.7. The van der Waals surface area contributed by atoms with Gasteiger partial charge in [0.1, 0.15) is 10.5 Å². The Bertz CT molecular complexity index is 116. The van der Waals surface area contributed by atoms with E-state index < -0.39 is 0 Å². The Morgan fingerprint density at radius 3 is 1.31 bits per heavy atom. The Balaban J connectivity index is 1.69.